The fourth-order valence-electron chi connectivity index (χ4n) is 1.62. The Hall–Kier alpha value is -0.750. The van der Waals surface area contributed by atoms with Gasteiger partial charge in [0.15, 0.2) is 5.13 Å². The van der Waals surface area contributed by atoms with Crippen molar-refractivity contribution in [1.82, 2.24) is 4.98 Å². The van der Waals surface area contributed by atoms with Crippen LogP contribution in [0.2, 0.25) is 0 Å². The van der Waals surface area contributed by atoms with Crippen LogP contribution in [0.3, 0.4) is 0 Å². The molecule has 0 aromatic carbocycles. The Bertz CT molecular complexity index is 433. The van der Waals surface area contributed by atoms with Crippen LogP contribution in [0.4, 0.5) is 5.13 Å². The van der Waals surface area contributed by atoms with Crippen molar-refractivity contribution >= 4 is 34.2 Å². The molecule has 0 aliphatic rings. The Balaban J connectivity index is 2.69. The molecule has 6 heteroatoms. The van der Waals surface area contributed by atoms with E-state index >= 15 is 0 Å². The van der Waals surface area contributed by atoms with Crippen molar-refractivity contribution in [3.63, 3.8) is 0 Å². The summed E-state index contributed by atoms with van der Waals surface area (Å²) >= 11 is 3.38. The fraction of sp³-hybridized carbons (Fsp3) is 0.714. The number of esters is 1. The molecule has 0 fully saturated rings. The second-order valence-electron chi connectivity index (χ2n) is 5.21. The molecule has 0 saturated heterocycles. The van der Waals surface area contributed by atoms with Gasteiger partial charge in [-0.3, -0.25) is 4.79 Å². The number of rotatable bonds is 8. The van der Waals surface area contributed by atoms with Gasteiger partial charge in [-0.05, 0) is 46.1 Å². The van der Waals surface area contributed by atoms with Crippen LogP contribution in [0.1, 0.15) is 39.8 Å². The van der Waals surface area contributed by atoms with Crippen LogP contribution in [-0.2, 0) is 14.9 Å². The predicted molar refractivity (Wildman–Crippen MR) is 87.9 cm³/mol. The van der Waals surface area contributed by atoms with Crippen molar-refractivity contribution in [2.75, 3.05) is 23.9 Å². The van der Waals surface area contributed by atoms with Gasteiger partial charge in [0.2, 0.25) is 0 Å². The minimum atomic E-state index is -0.699. The summed E-state index contributed by atoms with van der Waals surface area (Å²) in [5, 5.41) is 6.18. The first-order chi connectivity index (χ1) is 9.41. The molecular weight excluding hydrogens is 292 g/mol. The van der Waals surface area contributed by atoms with Crippen molar-refractivity contribution < 1.29 is 9.53 Å². The first-order valence-corrected chi connectivity index (χ1v) is 9.07. The number of hydrogen-bond donors (Lipinski definition) is 1. The molecule has 0 aliphatic heterocycles. The molecule has 1 aromatic rings. The number of hydrogen-bond acceptors (Lipinski definition) is 6. The van der Waals surface area contributed by atoms with Gasteiger partial charge >= 0.3 is 5.97 Å². The number of anilines is 1. The molecule has 1 atom stereocenters. The predicted octanol–water partition coefficient (Wildman–Crippen LogP) is 3.54. The number of thiazole rings is 1. The number of thioether (sulfide) groups is 1. The van der Waals surface area contributed by atoms with Gasteiger partial charge in [-0.1, -0.05) is 0 Å². The molecule has 4 nitrogen and oxygen atoms in total. The lowest BCUT2D eigenvalue weighted by atomic mass is 9.90. The topological polar surface area (TPSA) is 51.2 Å². The lowest BCUT2D eigenvalue weighted by molar-refractivity contribution is -0.148. The quantitative estimate of drug-likeness (QED) is 0.743. The van der Waals surface area contributed by atoms with Gasteiger partial charge in [0, 0.05) is 11.4 Å². The number of aromatic nitrogens is 1. The maximum Gasteiger partial charge on any atom is 0.317 e. The maximum atomic E-state index is 12.0. The van der Waals surface area contributed by atoms with E-state index in [1.54, 1.807) is 0 Å². The van der Waals surface area contributed by atoms with Crippen molar-refractivity contribution in [1.29, 1.82) is 0 Å². The molecule has 0 spiro atoms. The Labute approximate surface area is 129 Å². The molecule has 1 rings (SSSR count). The van der Waals surface area contributed by atoms with E-state index in [1.165, 1.54) is 11.3 Å². The third-order valence-corrected chi connectivity index (χ3v) is 4.47. The van der Waals surface area contributed by atoms with Crippen LogP contribution in [-0.4, -0.2) is 35.6 Å². The molecule has 1 aromatic heterocycles. The van der Waals surface area contributed by atoms with E-state index in [4.69, 9.17) is 4.74 Å². The molecule has 1 unspecified atom stereocenters. The lowest BCUT2D eigenvalue weighted by Crippen LogP contribution is -2.31. The molecule has 0 bridgehead atoms. The van der Waals surface area contributed by atoms with Crippen LogP contribution in [0.15, 0.2) is 5.38 Å². The summed E-state index contributed by atoms with van der Waals surface area (Å²) in [6.07, 6.45) is 3.20. The van der Waals surface area contributed by atoms with Gasteiger partial charge in [-0.25, -0.2) is 4.98 Å². The molecular formula is C14H24N2O2S2. The highest BCUT2D eigenvalue weighted by Gasteiger charge is 2.33. The molecule has 114 valence electrons. The number of nitrogens with zero attached hydrogens (tertiary/aromatic N) is 1. The van der Waals surface area contributed by atoms with Crippen LogP contribution in [0.5, 0.6) is 0 Å². The monoisotopic (exact) mass is 316 g/mol. The summed E-state index contributed by atoms with van der Waals surface area (Å²) in [5.74, 6) is 0.896. The largest absolute Gasteiger partial charge is 0.465 e. The molecule has 20 heavy (non-hydrogen) atoms. The average molecular weight is 316 g/mol. The Kier molecular flexibility index (Phi) is 6.82. The van der Waals surface area contributed by atoms with E-state index in [0.29, 0.717) is 12.6 Å². The first kappa shape index (κ1) is 17.3. The van der Waals surface area contributed by atoms with Crippen LogP contribution < -0.4 is 5.32 Å². The van der Waals surface area contributed by atoms with Gasteiger partial charge in [-0.15, -0.1) is 11.3 Å². The highest BCUT2D eigenvalue weighted by molar-refractivity contribution is 7.98. The van der Waals surface area contributed by atoms with E-state index in [-0.39, 0.29) is 5.97 Å². The van der Waals surface area contributed by atoms with Crippen LogP contribution in [0.25, 0.3) is 0 Å². The zero-order valence-corrected chi connectivity index (χ0v) is 14.5. The molecule has 0 amide bonds. The summed E-state index contributed by atoms with van der Waals surface area (Å²) in [4.78, 5) is 16.5. The van der Waals surface area contributed by atoms with E-state index in [9.17, 15) is 4.79 Å². The summed E-state index contributed by atoms with van der Waals surface area (Å²) in [7, 11) is 0. The SMILES string of the molecule is CCOC(=O)C(C)(C)c1csc(NC(C)CCSC)n1. The Morgan fingerprint density at radius 2 is 2.30 bits per heavy atom. The van der Waals surface area contributed by atoms with Gasteiger partial charge < -0.3 is 10.1 Å². The normalized spacial score (nSPS) is 13.1. The zero-order chi connectivity index (χ0) is 15.2. The zero-order valence-electron chi connectivity index (χ0n) is 12.9. The molecule has 0 aliphatic carbocycles. The van der Waals surface area contributed by atoms with E-state index in [1.807, 2.05) is 37.9 Å². The average Bonchev–Trinajstić information content (AvgIpc) is 2.85. The van der Waals surface area contributed by atoms with Crippen LogP contribution >= 0.6 is 23.1 Å². The van der Waals surface area contributed by atoms with Crippen molar-refractivity contribution in [3.8, 4) is 0 Å². The molecule has 1 N–H and O–H groups in total. The third-order valence-electron chi connectivity index (χ3n) is 3.06. The second kappa shape index (κ2) is 7.88. The third kappa shape index (κ3) is 4.66. The summed E-state index contributed by atoms with van der Waals surface area (Å²) in [6, 6.07) is 0.382. The van der Waals surface area contributed by atoms with E-state index in [2.05, 4.69) is 23.5 Å². The van der Waals surface area contributed by atoms with Crippen molar-refractivity contribution in [3.05, 3.63) is 11.1 Å². The van der Waals surface area contributed by atoms with Crippen molar-refractivity contribution in [2.45, 2.75) is 45.6 Å². The van der Waals surface area contributed by atoms with Crippen LogP contribution in [0, 0.1) is 0 Å². The minimum absolute atomic E-state index is 0.229. The van der Waals surface area contributed by atoms with Gasteiger partial charge in [0.05, 0.1) is 12.3 Å². The number of nitrogens with one attached hydrogen (secondary N) is 1. The first-order valence-electron chi connectivity index (χ1n) is 6.80. The smallest absolute Gasteiger partial charge is 0.317 e. The highest BCUT2D eigenvalue weighted by Crippen LogP contribution is 2.28. The molecule has 0 radical (unpaired) electrons. The van der Waals surface area contributed by atoms with E-state index in [0.717, 1.165) is 23.0 Å². The second-order valence-corrected chi connectivity index (χ2v) is 7.05. The van der Waals surface area contributed by atoms with Gasteiger partial charge in [0.1, 0.15) is 5.41 Å². The number of ether oxygens (including phenoxy) is 1. The van der Waals surface area contributed by atoms with Gasteiger partial charge in [-0.2, -0.15) is 11.8 Å². The fourth-order valence-corrected chi connectivity index (χ4v) is 3.20. The highest BCUT2D eigenvalue weighted by atomic mass is 32.2. The molecule has 1 heterocycles. The molecule has 0 saturated carbocycles. The van der Waals surface area contributed by atoms with E-state index < -0.39 is 5.41 Å². The van der Waals surface area contributed by atoms with Gasteiger partial charge in [0.25, 0.3) is 0 Å². The number of carbonyl (C=O) groups excluding carboxylic acids is 1. The standard InChI is InChI=1S/C14H24N2O2S2/c1-6-18-12(17)14(3,4)11-9-20-13(16-11)15-10(2)7-8-19-5/h9-10H,6-8H2,1-5H3,(H,15,16). The lowest BCUT2D eigenvalue weighted by Gasteiger charge is -2.19. The number of carbonyl (C=O) groups is 1. The van der Waals surface area contributed by atoms with Crippen molar-refractivity contribution in [2.24, 2.45) is 0 Å². The summed E-state index contributed by atoms with van der Waals surface area (Å²) in [5.41, 5.74) is 0.0649. The maximum absolute atomic E-state index is 12.0. The summed E-state index contributed by atoms with van der Waals surface area (Å²) in [6.45, 7) is 8.05. The Morgan fingerprint density at radius 1 is 1.60 bits per heavy atom. The Morgan fingerprint density at radius 3 is 2.90 bits per heavy atom. The minimum Gasteiger partial charge on any atom is -0.465 e. The summed E-state index contributed by atoms with van der Waals surface area (Å²) < 4.78 is 5.11.